The highest BCUT2D eigenvalue weighted by Crippen LogP contribution is 2.51. The van der Waals surface area contributed by atoms with E-state index in [0.29, 0.717) is 0 Å². The van der Waals surface area contributed by atoms with Crippen molar-refractivity contribution in [3.63, 3.8) is 0 Å². The first kappa shape index (κ1) is 31.6. The van der Waals surface area contributed by atoms with Crippen molar-refractivity contribution in [1.29, 1.82) is 0 Å². The Hall–Kier alpha value is -6.90. The Morgan fingerprint density at radius 3 is 1.87 bits per heavy atom. The second-order valence-electron chi connectivity index (χ2n) is 15.3. The summed E-state index contributed by atoms with van der Waals surface area (Å²) < 4.78 is 6.56. The monoisotopic (exact) mass is 703 g/mol. The molecule has 55 heavy (non-hydrogen) atoms. The van der Waals surface area contributed by atoms with E-state index >= 15 is 0 Å². The molecule has 11 rings (SSSR count). The summed E-state index contributed by atoms with van der Waals surface area (Å²) in [6.45, 7) is 4.71. The van der Waals surface area contributed by atoms with Crippen LogP contribution in [0.3, 0.4) is 0 Å². The number of para-hydroxylation sites is 1. The summed E-state index contributed by atoms with van der Waals surface area (Å²) >= 11 is 0. The molecular weight excluding hydrogens is 667 g/mol. The molecule has 0 N–H and O–H groups in total. The van der Waals surface area contributed by atoms with Gasteiger partial charge in [0.1, 0.15) is 11.2 Å². The zero-order valence-electron chi connectivity index (χ0n) is 30.8. The minimum Gasteiger partial charge on any atom is -0.455 e. The zero-order chi connectivity index (χ0) is 36.7. The van der Waals surface area contributed by atoms with Gasteiger partial charge >= 0.3 is 0 Å². The molecule has 1 aliphatic rings. The lowest BCUT2D eigenvalue weighted by Crippen LogP contribution is -2.16. The average Bonchev–Trinajstić information content (AvgIpc) is 3.73. The molecule has 0 saturated carbocycles. The number of anilines is 3. The maximum absolute atomic E-state index is 6.56. The minimum absolute atomic E-state index is 0.117. The van der Waals surface area contributed by atoms with Gasteiger partial charge in [0, 0.05) is 38.5 Å². The standard InChI is InChI=1S/C53H37NO/c1-53(2)48-20-9-7-17-43(48)44-31-28-39(33-49(44)53)54(50-21-10-8-18-45(50)42-19-11-14-35-12-3-5-15-40(35)42)38-26-22-34(23-27-38)37-25-29-46-47-30-24-36-13-4-6-16-41(36)52(47)55-51(46)32-37/h3-33H,1-2H3. The fourth-order valence-electron chi connectivity index (χ4n) is 9.10. The van der Waals surface area contributed by atoms with E-state index in [2.05, 4.69) is 207 Å². The highest BCUT2D eigenvalue weighted by atomic mass is 16.3. The van der Waals surface area contributed by atoms with Gasteiger partial charge in [-0.2, -0.15) is 0 Å². The van der Waals surface area contributed by atoms with Crippen LogP contribution in [0.25, 0.3) is 76.9 Å². The second kappa shape index (κ2) is 12.1. The van der Waals surface area contributed by atoms with E-state index in [1.165, 1.54) is 49.5 Å². The SMILES string of the molecule is CC1(C)c2ccccc2-c2ccc(N(c3ccc(-c4ccc5c(c4)oc4c6ccccc6ccc54)cc3)c3ccccc3-c3cccc4ccccc34)cc21. The first-order valence-electron chi connectivity index (χ1n) is 19.1. The van der Waals surface area contributed by atoms with Crippen molar-refractivity contribution in [1.82, 2.24) is 0 Å². The van der Waals surface area contributed by atoms with Crippen LogP contribution in [0.15, 0.2) is 192 Å². The Morgan fingerprint density at radius 2 is 1.02 bits per heavy atom. The van der Waals surface area contributed by atoms with Crippen molar-refractivity contribution in [2.75, 3.05) is 4.90 Å². The maximum atomic E-state index is 6.56. The summed E-state index contributed by atoms with van der Waals surface area (Å²) in [5, 5.41) is 7.10. The Balaban J connectivity index is 1.06. The van der Waals surface area contributed by atoms with E-state index in [9.17, 15) is 0 Å². The molecule has 1 aliphatic carbocycles. The number of rotatable bonds is 5. The van der Waals surface area contributed by atoms with Crippen molar-refractivity contribution >= 4 is 60.5 Å². The summed E-state index contributed by atoms with van der Waals surface area (Å²) in [5.41, 5.74) is 15.2. The van der Waals surface area contributed by atoms with Gasteiger partial charge in [-0.05, 0) is 104 Å². The van der Waals surface area contributed by atoms with Crippen LogP contribution in [0.4, 0.5) is 17.1 Å². The molecule has 0 aliphatic heterocycles. The third-order valence-corrected chi connectivity index (χ3v) is 11.9. The Bertz CT molecular complexity index is 3120. The van der Waals surface area contributed by atoms with Crippen LogP contribution in [-0.4, -0.2) is 0 Å². The summed E-state index contributed by atoms with van der Waals surface area (Å²) in [6.07, 6.45) is 0. The van der Waals surface area contributed by atoms with Crippen LogP contribution in [0.2, 0.25) is 0 Å². The lowest BCUT2D eigenvalue weighted by molar-refractivity contribution is 0.660. The Morgan fingerprint density at radius 1 is 0.400 bits per heavy atom. The third kappa shape index (κ3) is 4.88. The molecule has 2 nitrogen and oxygen atoms in total. The normalized spacial score (nSPS) is 13.1. The van der Waals surface area contributed by atoms with Gasteiger partial charge in [-0.3, -0.25) is 0 Å². The molecule has 0 fully saturated rings. The van der Waals surface area contributed by atoms with Crippen LogP contribution in [0.5, 0.6) is 0 Å². The van der Waals surface area contributed by atoms with Gasteiger partial charge in [-0.1, -0.05) is 153 Å². The second-order valence-corrected chi connectivity index (χ2v) is 15.3. The van der Waals surface area contributed by atoms with Gasteiger partial charge in [0.2, 0.25) is 0 Å². The van der Waals surface area contributed by atoms with E-state index in [-0.39, 0.29) is 5.41 Å². The minimum atomic E-state index is -0.117. The Labute approximate surface area is 320 Å². The van der Waals surface area contributed by atoms with Crippen molar-refractivity contribution in [2.24, 2.45) is 0 Å². The fourth-order valence-corrected chi connectivity index (χ4v) is 9.10. The van der Waals surface area contributed by atoms with Crippen LogP contribution >= 0.6 is 0 Å². The number of furan rings is 1. The van der Waals surface area contributed by atoms with Crippen LogP contribution in [0, 0.1) is 0 Å². The van der Waals surface area contributed by atoms with Crippen LogP contribution in [0.1, 0.15) is 25.0 Å². The van der Waals surface area contributed by atoms with E-state index in [0.717, 1.165) is 55.5 Å². The van der Waals surface area contributed by atoms with Crippen LogP contribution in [-0.2, 0) is 5.41 Å². The predicted molar refractivity (Wildman–Crippen MR) is 232 cm³/mol. The van der Waals surface area contributed by atoms with Crippen molar-refractivity contribution < 1.29 is 4.42 Å². The van der Waals surface area contributed by atoms with Gasteiger partial charge in [0.15, 0.2) is 0 Å². The topological polar surface area (TPSA) is 16.4 Å². The molecule has 1 aromatic heterocycles. The molecule has 0 bridgehead atoms. The molecule has 0 saturated heterocycles. The van der Waals surface area contributed by atoms with Gasteiger partial charge < -0.3 is 9.32 Å². The zero-order valence-corrected chi connectivity index (χ0v) is 30.8. The fraction of sp³-hybridized carbons (Fsp3) is 0.0566. The van der Waals surface area contributed by atoms with E-state index in [4.69, 9.17) is 4.42 Å². The number of benzene rings is 9. The summed E-state index contributed by atoms with van der Waals surface area (Å²) in [5.74, 6) is 0. The summed E-state index contributed by atoms with van der Waals surface area (Å²) in [6, 6.07) is 68.5. The molecule has 260 valence electrons. The molecule has 9 aromatic carbocycles. The van der Waals surface area contributed by atoms with Crippen molar-refractivity contribution in [2.45, 2.75) is 19.3 Å². The average molecular weight is 704 g/mol. The number of hydrogen-bond acceptors (Lipinski definition) is 2. The molecule has 0 spiro atoms. The molecule has 0 amide bonds. The van der Waals surface area contributed by atoms with E-state index in [1.807, 2.05) is 0 Å². The number of hydrogen-bond donors (Lipinski definition) is 0. The lowest BCUT2D eigenvalue weighted by Gasteiger charge is -2.30. The molecule has 2 heteroatoms. The first-order chi connectivity index (χ1) is 27.0. The molecule has 0 unspecified atom stereocenters. The highest BCUT2D eigenvalue weighted by Gasteiger charge is 2.36. The number of fused-ring (bicyclic) bond motifs is 9. The molecule has 0 radical (unpaired) electrons. The predicted octanol–water partition coefficient (Wildman–Crippen LogP) is 15.0. The van der Waals surface area contributed by atoms with Crippen molar-refractivity contribution in [3.05, 3.63) is 199 Å². The lowest BCUT2D eigenvalue weighted by atomic mass is 9.82. The molecular formula is C53H37NO. The first-order valence-corrected chi connectivity index (χ1v) is 19.1. The molecule has 10 aromatic rings. The quantitative estimate of drug-likeness (QED) is 0.177. The third-order valence-electron chi connectivity index (χ3n) is 11.9. The number of nitrogens with zero attached hydrogens (tertiary/aromatic N) is 1. The van der Waals surface area contributed by atoms with Gasteiger partial charge in [0.05, 0.1) is 5.69 Å². The molecule has 0 atom stereocenters. The Kier molecular flexibility index (Phi) is 6.93. The molecule has 1 heterocycles. The van der Waals surface area contributed by atoms with Gasteiger partial charge in [0.25, 0.3) is 0 Å². The van der Waals surface area contributed by atoms with E-state index < -0.39 is 0 Å². The largest absolute Gasteiger partial charge is 0.455 e. The van der Waals surface area contributed by atoms with Crippen LogP contribution < -0.4 is 4.90 Å². The highest BCUT2D eigenvalue weighted by molar-refractivity contribution is 6.15. The summed E-state index contributed by atoms with van der Waals surface area (Å²) in [4.78, 5) is 2.44. The smallest absolute Gasteiger partial charge is 0.143 e. The van der Waals surface area contributed by atoms with E-state index in [1.54, 1.807) is 0 Å². The van der Waals surface area contributed by atoms with Gasteiger partial charge in [-0.15, -0.1) is 0 Å². The van der Waals surface area contributed by atoms with Gasteiger partial charge in [-0.25, -0.2) is 0 Å². The maximum Gasteiger partial charge on any atom is 0.143 e. The summed E-state index contributed by atoms with van der Waals surface area (Å²) in [7, 11) is 0. The van der Waals surface area contributed by atoms with Crippen molar-refractivity contribution in [3.8, 4) is 33.4 Å².